The number of carbonyl (C=O) groups is 2. The minimum absolute atomic E-state index is 0.234. The van der Waals surface area contributed by atoms with Crippen LogP contribution in [0.1, 0.15) is 33.1 Å². The molecule has 4 heteroatoms. The Bertz CT molecular complexity index is 168. The molecule has 0 radical (unpaired) electrons. The van der Waals surface area contributed by atoms with E-state index in [1.54, 1.807) is 0 Å². The summed E-state index contributed by atoms with van der Waals surface area (Å²) in [5, 5.41) is 0. The predicted molar refractivity (Wildman–Crippen MR) is 51.7 cm³/mol. The average molecular weight is 202 g/mol. The summed E-state index contributed by atoms with van der Waals surface area (Å²) in [6.45, 7) is 4.85. The van der Waals surface area contributed by atoms with Gasteiger partial charge in [0.2, 0.25) is 0 Å². The van der Waals surface area contributed by atoms with Crippen molar-refractivity contribution < 1.29 is 19.1 Å². The van der Waals surface area contributed by atoms with Crippen LogP contribution in [0.25, 0.3) is 0 Å². The Hall–Kier alpha value is -1.06. The first-order valence-corrected chi connectivity index (χ1v) is 4.85. The number of unbranched alkanes of at least 4 members (excludes halogenated alkanes) is 1. The molecule has 0 bridgehead atoms. The highest BCUT2D eigenvalue weighted by Crippen LogP contribution is 2.07. The second kappa shape index (κ2) is 8.53. The lowest BCUT2D eigenvalue weighted by atomic mass is 10.1. The van der Waals surface area contributed by atoms with Gasteiger partial charge in [0.15, 0.2) is 0 Å². The molecular weight excluding hydrogens is 184 g/mol. The van der Waals surface area contributed by atoms with Gasteiger partial charge in [-0.05, 0) is 25.2 Å². The summed E-state index contributed by atoms with van der Waals surface area (Å²) in [5.74, 6) is 0.139. The molecule has 14 heavy (non-hydrogen) atoms. The zero-order valence-corrected chi connectivity index (χ0v) is 8.82. The molecular formula is C10H18O4. The van der Waals surface area contributed by atoms with E-state index in [0.717, 1.165) is 19.3 Å². The Morgan fingerprint density at radius 3 is 2.71 bits per heavy atom. The van der Waals surface area contributed by atoms with Crippen molar-refractivity contribution in [3.8, 4) is 0 Å². The number of rotatable bonds is 8. The SMILES string of the molecule is CC(=O)OCCCCC(C)COC=O. The molecule has 0 amide bonds. The molecule has 0 aliphatic carbocycles. The van der Waals surface area contributed by atoms with E-state index in [9.17, 15) is 9.59 Å². The van der Waals surface area contributed by atoms with Gasteiger partial charge >= 0.3 is 5.97 Å². The molecule has 0 aliphatic rings. The van der Waals surface area contributed by atoms with E-state index in [2.05, 4.69) is 4.74 Å². The van der Waals surface area contributed by atoms with Gasteiger partial charge in [-0.15, -0.1) is 0 Å². The number of ether oxygens (including phenoxy) is 2. The molecule has 0 spiro atoms. The lowest BCUT2D eigenvalue weighted by Crippen LogP contribution is -2.06. The van der Waals surface area contributed by atoms with Crippen molar-refractivity contribution in [1.29, 1.82) is 0 Å². The zero-order valence-electron chi connectivity index (χ0n) is 8.82. The van der Waals surface area contributed by atoms with Crippen LogP contribution in [0.4, 0.5) is 0 Å². The van der Waals surface area contributed by atoms with Crippen LogP contribution in [-0.2, 0) is 19.1 Å². The molecule has 0 heterocycles. The molecule has 1 unspecified atom stereocenters. The maximum atomic E-state index is 10.4. The Labute approximate surface area is 84.6 Å². The van der Waals surface area contributed by atoms with Crippen molar-refractivity contribution in [2.24, 2.45) is 5.92 Å². The lowest BCUT2D eigenvalue weighted by molar-refractivity contribution is -0.141. The van der Waals surface area contributed by atoms with Gasteiger partial charge in [0.1, 0.15) is 0 Å². The molecule has 0 saturated carbocycles. The molecule has 0 fully saturated rings. The summed E-state index contributed by atoms with van der Waals surface area (Å²) in [6, 6.07) is 0. The van der Waals surface area contributed by atoms with Crippen molar-refractivity contribution >= 4 is 12.4 Å². The van der Waals surface area contributed by atoms with Crippen molar-refractivity contribution in [2.75, 3.05) is 13.2 Å². The maximum Gasteiger partial charge on any atom is 0.302 e. The zero-order chi connectivity index (χ0) is 10.8. The highest BCUT2D eigenvalue weighted by molar-refractivity contribution is 5.65. The Kier molecular flexibility index (Phi) is 7.89. The smallest absolute Gasteiger partial charge is 0.302 e. The Morgan fingerprint density at radius 2 is 2.14 bits per heavy atom. The summed E-state index contributed by atoms with van der Waals surface area (Å²) < 4.78 is 9.40. The molecule has 0 N–H and O–H groups in total. The van der Waals surface area contributed by atoms with Gasteiger partial charge in [0, 0.05) is 6.92 Å². The average Bonchev–Trinajstić information content (AvgIpc) is 2.13. The van der Waals surface area contributed by atoms with E-state index in [-0.39, 0.29) is 5.97 Å². The molecule has 0 aromatic carbocycles. The predicted octanol–water partition coefficient (Wildman–Crippen LogP) is 1.53. The highest BCUT2D eigenvalue weighted by atomic mass is 16.5. The number of esters is 1. The minimum atomic E-state index is -0.234. The topological polar surface area (TPSA) is 52.6 Å². The number of carbonyl (C=O) groups excluding carboxylic acids is 2. The first kappa shape index (κ1) is 12.9. The first-order valence-electron chi connectivity index (χ1n) is 4.85. The third-order valence-electron chi connectivity index (χ3n) is 1.85. The second-order valence-electron chi connectivity index (χ2n) is 3.37. The van der Waals surface area contributed by atoms with E-state index in [1.807, 2.05) is 6.92 Å². The second-order valence-corrected chi connectivity index (χ2v) is 3.37. The van der Waals surface area contributed by atoms with Gasteiger partial charge in [-0.2, -0.15) is 0 Å². The van der Waals surface area contributed by atoms with Crippen LogP contribution < -0.4 is 0 Å². The van der Waals surface area contributed by atoms with E-state index < -0.39 is 0 Å². The van der Waals surface area contributed by atoms with E-state index in [4.69, 9.17) is 4.74 Å². The molecule has 82 valence electrons. The monoisotopic (exact) mass is 202 g/mol. The summed E-state index contributed by atoms with van der Waals surface area (Å²) in [6.07, 6.45) is 2.83. The van der Waals surface area contributed by atoms with Crippen LogP contribution >= 0.6 is 0 Å². The van der Waals surface area contributed by atoms with Crippen LogP contribution in [0, 0.1) is 5.92 Å². The van der Waals surface area contributed by atoms with E-state index in [1.165, 1.54) is 6.92 Å². The third kappa shape index (κ3) is 9.03. The van der Waals surface area contributed by atoms with Gasteiger partial charge < -0.3 is 9.47 Å². The van der Waals surface area contributed by atoms with Gasteiger partial charge in [-0.3, -0.25) is 9.59 Å². The van der Waals surface area contributed by atoms with Crippen LogP contribution in [-0.4, -0.2) is 25.7 Å². The Morgan fingerprint density at radius 1 is 1.43 bits per heavy atom. The largest absolute Gasteiger partial charge is 0.468 e. The number of hydrogen-bond acceptors (Lipinski definition) is 4. The third-order valence-corrected chi connectivity index (χ3v) is 1.85. The van der Waals surface area contributed by atoms with E-state index >= 15 is 0 Å². The normalized spacial score (nSPS) is 11.9. The fourth-order valence-electron chi connectivity index (χ4n) is 1.10. The quantitative estimate of drug-likeness (QED) is 0.340. The standard InChI is InChI=1S/C10H18O4/c1-9(7-13-8-11)5-3-4-6-14-10(2)12/h8-9H,3-7H2,1-2H3. The minimum Gasteiger partial charge on any atom is -0.468 e. The molecule has 1 atom stereocenters. The van der Waals surface area contributed by atoms with Crippen LogP contribution in [0.5, 0.6) is 0 Å². The summed E-state index contributed by atoms with van der Waals surface area (Å²) in [7, 11) is 0. The molecule has 0 aromatic heterocycles. The van der Waals surface area contributed by atoms with Crippen LogP contribution in [0.3, 0.4) is 0 Å². The molecule has 0 aliphatic heterocycles. The summed E-state index contributed by atoms with van der Waals surface area (Å²) in [5.41, 5.74) is 0. The first-order chi connectivity index (χ1) is 6.66. The lowest BCUT2D eigenvalue weighted by Gasteiger charge is -2.09. The van der Waals surface area contributed by atoms with Gasteiger partial charge in [0.25, 0.3) is 6.47 Å². The summed E-state index contributed by atoms with van der Waals surface area (Å²) in [4.78, 5) is 20.3. The van der Waals surface area contributed by atoms with E-state index in [0.29, 0.717) is 25.6 Å². The van der Waals surface area contributed by atoms with Gasteiger partial charge in [-0.1, -0.05) is 6.92 Å². The molecule has 0 saturated heterocycles. The van der Waals surface area contributed by atoms with Crippen molar-refractivity contribution in [2.45, 2.75) is 33.1 Å². The van der Waals surface area contributed by atoms with Crippen molar-refractivity contribution in [1.82, 2.24) is 0 Å². The molecule has 0 aromatic rings. The van der Waals surface area contributed by atoms with Crippen LogP contribution in [0.2, 0.25) is 0 Å². The van der Waals surface area contributed by atoms with Crippen molar-refractivity contribution in [3.05, 3.63) is 0 Å². The fraction of sp³-hybridized carbons (Fsp3) is 0.800. The molecule has 4 nitrogen and oxygen atoms in total. The fourth-order valence-corrected chi connectivity index (χ4v) is 1.10. The van der Waals surface area contributed by atoms with Crippen molar-refractivity contribution in [3.63, 3.8) is 0 Å². The maximum absolute atomic E-state index is 10.4. The van der Waals surface area contributed by atoms with Crippen LogP contribution in [0.15, 0.2) is 0 Å². The summed E-state index contributed by atoms with van der Waals surface area (Å²) >= 11 is 0. The van der Waals surface area contributed by atoms with Gasteiger partial charge in [0.05, 0.1) is 13.2 Å². The highest BCUT2D eigenvalue weighted by Gasteiger charge is 2.02. The molecule has 0 rings (SSSR count). The Balaban J connectivity index is 3.18. The van der Waals surface area contributed by atoms with Gasteiger partial charge in [-0.25, -0.2) is 0 Å². The number of hydrogen-bond donors (Lipinski definition) is 0.